The molecule has 2 aliphatic rings. The van der Waals surface area contributed by atoms with E-state index in [0.29, 0.717) is 24.1 Å². The van der Waals surface area contributed by atoms with Gasteiger partial charge in [-0.2, -0.15) is 11.8 Å². The van der Waals surface area contributed by atoms with Crippen molar-refractivity contribution in [2.24, 2.45) is 0 Å². The van der Waals surface area contributed by atoms with Crippen molar-refractivity contribution in [3.63, 3.8) is 0 Å². The lowest BCUT2D eigenvalue weighted by molar-refractivity contribution is 0.0236. The number of thioether (sulfide) groups is 1. The highest BCUT2D eigenvalue weighted by Crippen LogP contribution is 2.41. The summed E-state index contributed by atoms with van der Waals surface area (Å²) in [5.41, 5.74) is 0. The van der Waals surface area contributed by atoms with Gasteiger partial charge in [-0.1, -0.05) is 11.9 Å². The van der Waals surface area contributed by atoms with Crippen LogP contribution in [-0.4, -0.2) is 35.6 Å². The molecule has 0 aliphatic heterocycles. The first-order valence-electron chi connectivity index (χ1n) is 5.47. The van der Waals surface area contributed by atoms with Gasteiger partial charge in [-0.3, -0.25) is 0 Å². The molecule has 2 nitrogen and oxygen atoms in total. The molecule has 0 heterocycles. The second-order valence-corrected chi connectivity index (χ2v) is 6.77. The van der Waals surface area contributed by atoms with E-state index in [-0.39, 0.29) is 0 Å². The Balaban J connectivity index is 1.59. The highest BCUT2D eigenvalue weighted by Gasteiger charge is 2.45. The molecule has 0 bridgehead atoms. The van der Waals surface area contributed by atoms with Gasteiger partial charge in [0.25, 0.3) is 0 Å². The maximum Gasteiger partial charge on any atom is 0.173 e. The molecule has 0 atom stereocenters. The fourth-order valence-corrected chi connectivity index (χ4v) is 4.30. The molecule has 15 heavy (non-hydrogen) atoms. The Labute approximate surface area is 99.7 Å². The summed E-state index contributed by atoms with van der Waals surface area (Å²) in [6, 6.07) is 0.364. The van der Waals surface area contributed by atoms with Crippen molar-refractivity contribution in [2.75, 3.05) is 13.3 Å². The zero-order valence-corrected chi connectivity index (χ0v) is 10.9. The van der Waals surface area contributed by atoms with Crippen molar-refractivity contribution < 1.29 is 4.39 Å². The zero-order valence-electron chi connectivity index (χ0n) is 9.25. The lowest BCUT2D eigenvalue weighted by Crippen LogP contribution is -2.56. The van der Waals surface area contributed by atoms with Crippen LogP contribution in [0.3, 0.4) is 0 Å². The van der Waals surface area contributed by atoms with Crippen molar-refractivity contribution in [1.82, 2.24) is 10.0 Å². The summed E-state index contributed by atoms with van der Waals surface area (Å²) in [5.74, 6) is -1.11. The second kappa shape index (κ2) is 4.82. The average Bonchev–Trinajstić information content (AvgIpc) is 2.11. The summed E-state index contributed by atoms with van der Waals surface area (Å²) >= 11 is 3.54. The van der Waals surface area contributed by atoms with Gasteiger partial charge in [0.05, 0.1) is 0 Å². The lowest BCUT2D eigenvalue weighted by Gasteiger charge is -2.43. The predicted molar refractivity (Wildman–Crippen MR) is 67.0 cm³/mol. The number of rotatable bonds is 5. The summed E-state index contributed by atoms with van der Waals surface area (Å²) in [7, 11) is 1.90. The SMILES string of the molecule is CNC1CC(F)(NSC2CC(SC)C2)C1. The Bertz CT molecular complexity index is 215. The number of alkyl halides is 1. The molecule has 0 unspecified atom stereocenters. The molecule has 2 aliphatic carbocycles. The molecule has 0 aromatic heterocycles. The van der Waals surface area contributed by atoms with E-state index in [2.05, 4.69) is 16.3 Å². The van der Waals surface area contributed by atoms with E-state index in [0.717, 1.165) is 5.25 Å². The molecule has 0 aromatic rings. The van der Waals surface area contributed by atoms with Crippen LogP contribution in [0.25, 0.3) is 0 Å². The number of halogens is 1. The fraction of sp³-hybridized carbons (Fsp3) is 1.00. The Morgan fingerprint density at radius 1 is 1.27 bits per heavy atom. The van der Waals surface area contributed by atoms with Crippen LogP contribution in [0.5, 0.6) is 0 Å². The van der Waals surface area contributed by atoms with Crippen molar-refractivity contribution in [2.45, 2.75) is 48.0 Å². The average molecular weight is 250 g/mol. The topological polar surface area (TPSA) is 24.1 Å². The molecule has 0 saturated heterocycles. The van der Waals surface area contributed by atoms with E-state index < -0.39 is 5.79 Å². The van der Waals surface area contributed by atoms with E-state index >= 15 is 0 Å². The normalized spacial score (nSPS) is 44.6. The van der Waals surface area contributed by atoms with Crippen molar-refractivity contribution in [3.8, 4) is 0 Å². The summed E-state index contributed by atoms with van der Waals surface area (Å²) in [4.78, 5) is 0. The van der Waals surface area contributed by atoms with Crippen LogP contribution < -0.4 is 10.0 Å². The molecule has 0 amide bonds. The minimum absolute atomic E-state index is 0.364. The maximum absolute atomic E-state index is 13.9. The third kappa shape index (κ3) is 2.81. The molecule has 2 saturated carbocycles. The van der Waals surface area contributed by atoms with Gasteiger partial charge in [0.1, 0.15) is 0 Å². The fourth-order valence-electron chi connectivity index (χ4n) is 2.00. The third-order valence-corrected chi connectivity index (χ3v) is 5.60. The molecular formula is C10H19FN2S2. The van der Waals surface area contributed by atoms with Crippen LogP contribution in [0.1, 0.15) is 25.7 Å². The number of nitrogens with one attached hydrogen (secondary N) is 2. The van der Waals surface area contributed by atoms with Crippen LogP contribution in [0.2, 0.25) is 0 Å². The molecule has 2 rings (SSSR count). The molecule has 5 heteroatoms. The van der Waals surface area contributed by atoms with E-state index in [1.165, 1.54) is 12.8 Å². The molecule has 88 valence electrons. The Kier molecular flexibility index (Phi) is 3.86. The minimum Gasteiger partial charge on any atom is -0.317 e. The van der Waals surface area contributed by atoms with Crippen LogP contribution in [0.4, 0.5) is 4.39 Å². The summed E-state index contributed by atoms with van der Waals surface area (Å²) in [6.45, 7) is 0. The van der Waals surface area contributed by atoms with Gasteiger partial charge in [-0.05, 0) is 26.1 Å². The largest absolute Gasteiger partial charge is 0.317 e. The monoisotopic (exact) mass is 250 g/mol. The van der Waals surface area contributed by atoms with Gasteiger partial charge < -0.3 is 5.32 Å². The Morgan fingerprint density at radius 2 is 1.93 bits per heavy atom. The van der Waals surface area contributed by atoms with Gasteiger partial charge in [0.15, 0.2) is 5.79 Å². The van der Waals surface area contributed by atoms with Gasteiger partial charge in [0, 0.05) is 29.4 Å². The quantitative estimate of drug-likeness (QED) is 0.577. The summed E-state index contributed by atoms with van der Waals surface area (Å²) in [5, 5.41) is 4.54. The zero-order chi connectivity index (χ0) is 10.9. The first-order valence-corrected chi connectivity index (χ1v) is 7.64. The first kappa shape index (κ1) is 12.0. The Morgan fingerprint density at radius 3 is 2.47 bits per heavy atom. The van der Waals surface area contributed by atoms with Crippen LogP contribution >= 0.6 is 23.7 Å². The van der Waals surface area contributed by atoms with E-state index in [4.69, 9.17) is 0 Å². The maximum atomic E-state index is 13.9. The van der Waals surface area contributed by atoms with E-state index in [1.807, 2.05) is 18.8 Å². The van der Waals surface area contributed by atoms with Crippen LogP contribution in [0, 0.1) is 0 Å². The summed E-state index contributed by atoms with van der Waals surface area (Å²) < 4.78 is 16.9. The van der Waals surface area contributed by atoms with E-state index in [9.17, 15) is 4.39 Å². The molecular weight excluding hydrogens is 231 g/mol. The van der Waals surface area contributed by atoms with Crippen LogP contribution in [-0.2, 0) is 0 Å². The van der Waals surface area contributed by atoms with E-state index in [1.54, 1.807) is 11.9 Å². The smallest absolute Gasteiger partial charge is 0.173 e. The highest BCUT2D eigenvalue weighted by atomic mass is 32.2. The first-order chi connectivity index (χ1) is 7.15. The molecule has 2 fully saturated rings. The van der Waals surface area contributed by atoms with Crippen molar-refractivity contribution in [1.29, 1.82) is 0 Å². The molecule has 2 N–H and O–H groups in total. The summed E-state index contributed by atoms with van der Waals surface area (Å²) in [6.07, 6.45) is 5.82. The molecule has 0 radical (unpaired) electrons. The Hall–Kier alpha value is 0.550. The van der Waals surface area contributed by atoms with Gasteiger partial charge >= 0.3 is 0 Å². The third-order valence-electron chi connectivity index (χ3n) is 3.34. The van der Waals surface area contributed by atoms with Gasteiger partial charge in [-0.15, -0.1) is 0 Å². The standard InChI is InChI=1S/C10H19FN2S2/c1-12-7-5-10(11,6-7)13-15-9-3-8(4-9)14-2/h7-9,12-13H,3-6H2,1-2H3. The van der Waals surface area contributed by atoms with Crippen molar-refractivity contribution in [3.05, 3.63) is 0 Å². The molecule has 0 spiro atoms. The van der Waals surface area contributed by atoms with Crippen LogP contribution in [0.15, 0.2) is 0 Å². The second-order valence-electron chi connectivity index (χ2n) is 4.53. The minimum atomic E-state index is -1.11. The van der Waals surface area contributed by atoms with Gasteiger partial charge in [0.2, 0.25) is 0 Å². The highest BCUT2D eigenvalue weighted by molar-refractivity contribution is 8.00. The lowest BCUT2D eigenvalue weighted by atomic mass is 9.85. The van der Waals surface area contributed by atoms with Gasteiger partial charge in [-0.25, -0.2) is 9.11 Å². The molecule has 0 aromatic carbocycles. The van der Waals surface area contributed by atoms with Crippen molar-refractivity contribution >= 4 is 23.7 Å². The predicted octanol–water partition coefficient (Wildman–Crippen LogP) is 2.17. The number of hydrogen-bond acceptors (Lipinski definition) is 4. The number of hydrogen-bond donors (Lipinski definition) is 2.